The summed E-state index contributed by atoms with van der Waals surface area (Å²) >= 11 is 1.10. The van der Waals surface area contributed by atoms with Crippen LogP contribution in [0, 0.1) is 0 Å². The molecule has 0 N–H and O–H groups in total. The lowest BCUT2D eigenvalue weighted by Gasteiger charge is -2.32. The summed E-state index contributed by atoms with van der Waals surface area (Å²) in [7, 11) is 2.14. The van der Waals surface area contributed by atoms with E-state index >= 15 is 0 Å². The second-order valence-corrected chi connectivity index (χ2v) is 6.96. The third kappa shape index (κ3) is 4.32. The highest BCUT2D eigenvalue weighted by molar-refractivity contribution is 7.10. The number of benzene rings is 1. The molecule has 2 heterocycles. The first-order chi connectivity index (χ1) is 11.6. The van der Waals surface area contributed by atoms with E-state index in [-0.39, 0.29) is 4.88 Å². The number of halogens is 2. The molecule has 0 aliphatic carbocycles. The molecule has 0 spiro atoms. The van der Waals surface area contributed by atoms with Gasteiger partial charge in [-0.3, -0.25) is 4.90 Å². The minimum Gasteiger partial charge on any atom is -0.492 e. The zero-order chi connectivity index (χ0) is 16.9. The molecule has 1 saturated heterocycles. The number of nitrogens with zero attached hydrogens (tertiary/aromatic N) is 2. The fourth-order valence-electron chi connectivity index (χ4n) is 2.82. The van der Waals surface area contributed by atoms with Gasteiger partial charge in [0.1, 0.15) is 12.4 Å². The minimum absolute atomic E-state index is 0.124. The van der Waals surface area contributed by atoms with E-state index in [1.165, 1.54) is 0 Å². The Morgan fingerprint density at radius 2 is 1.79 bits per heavy atom. The van der Waals surface area contributed by atoms with Crippen molar-refractivity contribution >= 4 is 11.3 Å². The molecule has 6 heteroatoms. The van der Waals surface area contributed by atoms with E-state index in [0.29, 0.717) is 12.2 Å². The predicted octanol–water partition coefficient (Wildman–Crippen LogP) is 3.98. The molecule has 24 heavy (non-hydrogen) atoms. The third-order valence-electron chi connectivity index (χ3n) is 4.33. The number of piperazine rings is 1. The van der Waals surface area contributed by atoms with E-state index in [2.05, 4.69) is 16.8 Å². The van der Waals surface area contributed by atoms with Crippen LogP contribution in [0.4, 0.5) is 8.78 Å². The van der Waals surface area contributed by atoms with Crippen LogP contribution in [0.5, 0.6) is 5.75 Å². The smallest absolute Gasteiger partial charge is 0.273 e. The highest BCUT2D eigenvalue weighted by Gasteiger charge is 2.16. The average molecular weight is 352 g/mol. The van der Waals surface area contributed by atoms with Gasteiger partial charge in [-0.1, -0.05) is 12.1 Å². The second kappa shape index (κ2) is 8.05. The van der Waals surface area contributed by atoms with E-state index in [9.17, 15) is 8.78 Å². The zero-order valence-corrected chi connectivity index (χ0v) is 14.6. The highest BCUT2D eigenvalue weighted by Crippen LogP contribution is 2.35. The Hall–Kier alpha value is -1.50. The molecule has 1 aromatic heterocycles. The van der Waals surface area contributed by atoms with Crippen LogP contribution < -0.4 is 4.74 Å². The van der Waals surface area contributed by atoms with Crippen molar-refractivity contribution in [3.8, 4) is 16.9 Å². The first-order valence-corrected chi connectivity index (χ1v) is 9.01. The number of likely N-dealkylation sites (N-methyl/N-ethyl adjacent to an activating group) is 1. The van der Waals surface area contributed by atoms with Gasteiger partial charge in [-0.2, -0.15) is 0 Å². The Bertz CT molecular complexity index is 637. The summed E-state index contributed by atoms with van der Waals surface area (Å²) in [5, 5.41) is 1.71. The fourth-order valence-corrected chi connectivity index (χ4v) is 3.59. The molecular formula is C18H22F2N2OS. The second-order valence-electron chi connectivity index (χ2n) is 6.02. The Morgan fingerprint density at radius 3 is 2.46 bits per heavy atom. The van der Waals surface area contributed by atoms with Crippen LogP contribution in [0.15, 0.2) is 35.7 Å². The fraction of sp³-hybridized carbons (Fsp3) is 0.444. The quantitative estimate of drug-likeness (QED) is 0.782. The van der Waals surface area contributed by atoms with Crippen molar-refractivity contribution in [3.63, 3.8) is 0 Å². The number of rotatable bonds is 6. The van der Waals surface area contributed by atoms with Gasteiger partial charge in [0.25, 0.3) is 6.43 Å². The zero-order valence-electron chi connectivity index (χ0n) is 13.8. The maximum Gasteiger partial charge on any atom is 0.273 e. The van der Waals surface area contributed by atoms with Gasteiger partial charge in [-0.15, -0.1) is 11.3 Å². The van der Waals surface area contributed by atoms with Gasteiger partial charge < -0.3 is 9.64 Å². The van der Waals surface area contributed by atoms with Crippen LogP contribution in [-0.4, -0.2) is 56.2 Å². The standard InChI is InChI=1S/C18H22F2N2OS/c1-21-7-9-22(10-8-21)11-12-23-15-4-2-14(3-5-15)16-6-13-24-17(16)18(19)20/h2-6,13,18H,7-12H2,1H3. The van der Waals surface area contributed by atoms with Gasteiger partial charge in [0.05, 0.1) is 4.88 Å². The van der Waals surface area contributed by atoms with Crippen molar-refractivity contribution in [2.45, 2.75) is 6.43 Å². The number of hydrogen-bond donors (Lipinski definition) is 0. The normalized spacial score (nSPS) is 16.7. The first-order valence-electron chi connectivity index (χ1n) is 8.13. The van der Waals surface area contributed by atoms with Crippen LogP contribution in [0.3, 0.4) is 0 Å². The van der Waals surface area contributed by atoms with Gasteiger partial charge in [0.2, 0.25) is 0 Å². The molecule has 1 aromatic carbocycles. The van der Waals surface area contributed by atoms with Crippen LogP contribution in [0.2, 0.25) is 0 Å². The van der Waals surface area contributed by atoms with Crippen LogP contribution in [0.1, 0.15) is 11.3 Å². The highest BCUT2D eigenvalue weighted by atomic mass is 32.1. The molecule has 0 saturated carbocycles. The number of hydrogen-bond acceptors (Lipinski definition) is 4. The molecule has 1 aliphatic rings. The third-order valence-corrected chi connectivity index (χ3v) is 5.26. The van der Waals surface area contributed by atoms with Gasteiger partial charge in [-0.05, 0) is 36.2 Å². The molecule has 0 radical (unpaired) electrons. The largest absolute Gasteiger partial charge is 0.492 e. The maximum atomic E-state index is 13.0. The van der Waals surface area contributed by atoms with Crippen molar-refractivity contribution in [3.05, 3.63) is 40.6 Å². The Balaban J connectivity index is 1.52. The van der Waals surface area contributed by atoms with Crippen molar-refractivity contribution in [1.82, 2.24) is 9.80 Å². The number of thiophene rings is 1. The molecule has 0 unspecified atom stereocenters. The summed E-state index contributed by atoms with van der Waals surface area (Å²) in [4.78, 5) is 4.85. The maximum absolute atomic E-state index is 13.0. The summed E-state index contributed by atoms with van der Waals surface area (Å²) in [5.41, 5.74) is 1.41. The van der Waals surface area contributed by atoms with Crippen LogP contribution in [-0.2, 0) is 0 Å². The lowest BCUT2D eigenvalue weighted by atomic mass is 10.1. The summed E-state index contributed by atoms with van der Waals surface area (Å²) in [5.74, 6) is 0.779. The topological polar surface area (TPSA) is 15.7 Å². The van der Waals surface area contributed by atoms with Crippen molar-refractivity contribution in [2.75, 3.05) is 46.4 Å². The Labute approximate surface area is 145 Å². The minimum atomic E-state index is -2.43. The van der Waals surface area contributed by atoms with E-state index in [1.807, 2.05) is 24.3 Å². The van der Waals surface area contributed by atoms with E-state index in [0.717, 1.165) is 55.4 Å². The van der Waals surface area contributed by atoms with Crippen molar-refractivity contribution < 1.29 is 13.5 Å². The lowest BCUT2D eigenvalue weighted by molar-refractivity contribution is 0.134. The van der Waals surface area contributed by atoms with Crippen LogP contribution in [0.25, 0.3) is 11.1 Å². The van der Waals surface area contributed by atoms with Crippen molar-refractivity contribution in [2.24, 2.45) is 0 Å². The van der Waals surface area contributed by atoms with Gasteiger partial charge in [-0.25, -0.2) is 8.78 Å². The van der Waals surface area contributed by atoms with Gasteiger partial charge in [0, 0.05) is 38.3 Å². The van der Waals surface area contributed by atoms with E-state index in [4.69, 9.17) is 4.74 Å². The van der Waals surface area contributed by atoms with E-state index in [1.54, 1.807) is 11.4 Å². The summed E-state index contributed by atoms with van der Waals surface area (Å²) < 4.78 is 31.7. The molecule has 0 amide bonds. The predicted molar refractivity (Wildman–Crippen MR) is 94.1 cm³/mol. The average Bonchev–Trinajstić information content (AvgIpc) is 3.07. The molecule has 130 valence electrons. The van der Waals surface area contributed by atoms with Crippen LogP contribution >= 0.6 is 11.3 Å². The molecule has 3 nitrogen and oxygen atoms in total. The molecular weight excluding hydrogens is 330 g/mol. The SMILES string of the molecule is CN1CCN(CCOc2ccc(-c3ccsc3C(F)F)cc2)CC1. The Morgan fingerprint density at radius 1 is 1.08 bits per heavy atom. The lowest BCUT2D eigenvalue weighted by Crippen LogP contribution is -2.45. The summed E-state index contributed by atoms with van der Waals surface area (Å²) in [6.07, 6.45) is -2.43. The number of alkyl halides is 2. The van der Waals surface area contributed by atoms with Crippen molar-refractivity contribution in [1.29, 1.82) is 0 Å². The molecule has 0 atom stereocenters. The molecule has 0 bridgehead atoms. The number of ether oxygens (including phenoxy) is 1. The van der Waals surface area contributed by atoms with E-state index < -0.39 is 6.43 Å². The monoisotopic (exact) mass is 352 g/mol. The molecule has 2 aromatic rings. The first kappa shape index (κ1) is 17.3. The molecule has 1 aliphatic heterocycles. The Kier molecular flexibility index (Phi) is 5.81. The molecule has 3 rings (SSSR count). The summed E-state index contributed by atoms with van der Waals surface area (Å²) in [6, 6.07) is 9.14. The van der Waals surface area contributed by atoms with Gasteiger partial charge >= 0.3 is 0 Å². The van der Waals surface area contributed by atoms with Gasteiger partial charge in [0.15, 0.2) is 0 Å². The summed E-state index contributed by atoms with van der Waals surface area (Å²) in [6.45, 7) is 5.91. The molecule has 1 fully saturated rings.